The van der Waals surface area contributed by atoms with Gasteiger partial charge in [-0.2, -0.15) is 0 Å². The Labute approximate surface area is 110 Å². The monoisotopic (exact) mass is 244 g/mol. The van der Waals surface area contributed by atoms with E-state index in [2.05, 4.69) is 42.2 Å². The van der Waals surface area contributed by atoms with Gasteiger partial charge in [0.25, 0.3) is 0 Å². The minimum atomic E-state index is 0.516. The van der Waals surface area contributed by atoms with Gasteiger partial charge in [-0.15, -0.1) is 0 Å². The molecule has 2 fully saturated rings. The molecule has 3 rings (SSSR count). The molecule has 2 aliphatic rings. The fourth-order valence-corrected chi connectivity index (χ4v) is 3.97. The van der Waals surface area contributed by atoms with Crippen molar-refractivity contribution in [3.63, 3.8) is 0 Å². The third-order valence-electron chi connectivity index (χ3n) is 5.02. The van der Waals surface area contributed by atoms with Gasteiger partial charge in [0, 0.05) is 25.2 Å². The molecule has 4 unspecified atom stereocenters. The SMILES string of the molecule is CC(c1ccccc1)C(CN)N1CC2CCC1C2. The maximum absolute atomic E-state index is 6.08. The van der Waals surface area contributed by atoms with Crippen LogP contribution < -0.4 is 5.73 Å². The largest absolute Gasteiger partial charge is 0.329 e. The Morgan fingerprint density at radius 1 is 1.28 bits per heavy atom. The lowest BCUT2D eigenvalue weighted by atomic mass is 9.91. The van der Waals surface area contributed by atoms with Crippen molar-refractivity contribution < 1.29 is 0 Å². The molecule has 2 N–H and O–H groups in total. The molecule has 18 heavy (non-hydrogen) atoms. The number of rotatable bonds is 4. The predicted molar refractivity (Wildman–Crippen MR) is 75.5 cm³/mol. The molecule has 0 spiro atoms. The van der Waals surface area contributed by atoms with Crippen molar-refractivity contribution in [3.05, 3.63) is 35.9 Å². The second kappa shape index (κ2) is 5.02. The van der Waals surface area contributed by atoms with Gasteiger partial charge in [0.2, 0.25) is 0 Å². The van der Waals surface area contributed by atoms with Crippen molar-refractivity contribution in [3.8, 4) is 0 Å². The molecule has 1 aliphatic carbocycles. The number of hydrogen-bond acceptors (Lipinski definition) is 2. The number of hydrogen-bond donors (Lipinski definition) is 1. The molecule has 1 aromatic rings. The lowest BCUT2D eigenvalue weighted by Crippen LogP contribution is -2.47. The van der Waals surface area contributed by atoms with E-state index in [-0.39, 0.29) is 0 Å². The Bertz CT molecular complexity index is 389. The van der Waals surface area contributed by atoms with Crippen LogP contribution in [0.15, 0.2) is 30.3 Å². The molecular formula is C16H24N2. The van der Waals surface area contributed by atoms with Gasteiger partial charge in [-0.05, 0) is 36.7 Å². The van der Waals surface area contributed by atoms with E-state index in [1.165, 1.54) is 31.4 Å². The van der Waals surface area contributed by atoms with Crippen LogP contribution in [0.2, 0.25) is 0 Å². The molecular weight excluding hydrogens is 220 g/mol. The van der Waals surface area contributed by atoms with Crippen LogP contribution in [-0.2, 0) is 0 Å². The summed E-state index contributed by atoms with van der Waals surface area (Å²) >= 11 is 0. The lowest BCUT2D eigenvalue weighted by Gasteiger charge is -2.38. The van der Waals surface area contributed by atoms with Crippen molar-refractivity contribution in [2.24, 2.45) is 11.7 Å². The Morgan fingerprint density at radius 2 is 2.06 bits per heavy atom. The Morgan fingerprint density at radius 3 is 2.61 bits per heavy atom. The molecule has 1 aromatic carbocycles. The number of nitrogens with zero attached hydrogens (tertiary/aromatic N) is 1. The fraction of sp³-hybridized carbons (Fsp3) is 0.625. The first-order valence-corrected chi connectivity index (χ1v) is 7.30. The van der Waals surface area contributed by atoms with Crippen molar-refractivity contribution in [1.82, 2.24) is 4.90 Å². The van der Waals surface area contributed by atoms with Gasteiger partial charge in [0.05, 0.1) is 0 Å². The van der Waals surface area contributed by atoms with Crippen LogP contribution in [0.1, 0.15) is 37.7 Å². The number of piperidine rings is 1. The van der Waals surface area contributed by atoms with Crippen LogP contribution in [0.3, 0.4) is 0 Å². The highest BCUT2D eigenvalue weighted by atomic mass is 15.2. The molecule has 1 saturated heterocycles. The van der Waals surface area contributed by atoms with Crippen LogP contribution in [0.5, 0.6) is 0 Å². The molecule has 2 nitrogen and oxygen atoms in total. The Balaban J connectivity index is 1.76. The van der Waals surface area contributed by atoms with E-state index in [1.807, 2.05) is 0 Å². The topological polar surface area (TPSA) is 29.3 Å². The number of fused-ring (bicyclic) bond motifs is 2. The molecule has 98 valence electrons. The molecule has 0 radical (unpaired) electrons. The van der Waals surface area contributed by atoms with E-state index in [4.69, 9.17) is 5.73 Å². The first-order chi connectivity index (χ1) is 8.79. The average Bonchev–Trinajstić information content (AvgIpc) is 3.03. The van der Waals surface area contributed by atoms with Crippen molar-refractivity contribution in [2.45, 2.75) is 44.2 Å². The van der Waals surface area contributed by atoms with E-state index in [0.29, 0.717) is 12.0 Å². The van der Waals surface area contributed by atoms with Crippen LogP contribution in [0.4, 0.5) is 0 Å². The molecule has 1 aliphatic heterocycles. The highest BCUT2D eigenvalue weighted by Gasteiger charge is 2.41. The van der Waals surface area contributed by atoms with Gasteiger partial charge in [-0.25, -0.2) is 0 Å². The summed E-state index contributed by atoms with van der Waals surface area (Å²) < 4.78 is 0. The zero-order valence-electron chi connectivity index (χ0n) is 11.3. The van der Waals surface area contributed by atoms with E-state index in [1.54, 1.807) is 0 Å². The van der Waals surface area contributed by atoms with E-state index in [0.717, 1.165) is 18.5 Å². The number of nitrogens with two attached hydrogens (primary N) is 1. The van der Waals surface area contributed by atoms with Crippen molar-refractivity contribution in [1.29, 1.82) is 0 Å². The van der Waals surface area contributed by atoms with Gasteiger partial charge in [0.1, 0.15) is 0 Å². The van der Waals surface area contributed by atoms with Crippen LogP contribution in [0, 0.1) is 5.92 Å². The Kier molecular flexibility index (Phi) is 3.40. The molecule has 1 saturated carbocycles. The minimum Gasteiger partial charge on any atom is -0.329 e. The van der Waals surface area contributed by atoms with Crippen molar-refractivity contribution in [2.75, 3.05) is 13.1 Å². The van der Waals surface area contributed by atoms with Gasteiger partial charge >= 0.3 is 0 Å². The summed E-state index contributed by atoms with van der Waals surface area (Å²) in [6.07, 6.45) is 4.25. The zero-order chi connectivity index (χ0) is 12.5. The summed E-state index contributed by atoms with van der Waals surface area (Å²) in [5.41, 5.74) is 7.51. The normalized spacial score (nSPS) is 30.6. The molecule has 4 atom stereocenters. The third kappa shape index (κ3) is 2.08. The summed E-state index contributed by atoms with van der Waals surface area (Å²) in [6, 6.07) is 12.2. The Hall–Kier alpha value is -0.860. The summed E-state index contributed by atoms with van der Waals surface area (Å²) in [5.74, 6) is 1.49. The predicted octanol–water partition coefficient (Wildman–Crippen LogP) is 2.60. The summed E-state index contributed by atoms with van der Waals surface area (Å²) in [4.78, 5) is 2.70. The van der Waals surface area contributed by atoms with Gasteiger partial charge in [-0.1, -0.05) is 37.3 Å². The van der Waals surface area contributed by atoms with Crippen LogP contribution >= 0.6 is 0 Å². The van der Waals surface area contributed by atoms with E-state index < -0.39 is 0 Å². The minimum absolute atomic E-state index is 0.516. The van der Waals surface area contributed by atoms with Crippen molar-refractivity contribution >= 4 is 0 Å². The second-order valence-corrected chi connectivity index (χ2v) is 6.03. The van der Waals surface area contributed by atoms with Crippen LogP contribution in [0.25, 0.3) is 0 Å². The number of likely N-dealkylation sites (tertiary alicyclic amines) is 1. The fourth-order valence-electron chi connectivity index (χ4n) is 3.97. The standard InChI is InChI=1S/C16H24N2/c1-12(14-5-3-2-4-6-14)16(10-17)18-11-13-7-8-15(18)9-13/h2-6,12-13,15-16H,7-11,17H2,1H3. The zero-order valence-corrected chi connectivity index (χ0v) is 11.3. The molecule has 2 bridgehead atoms. The summed E-state index contributed by atoms with van der Waals surface area (Å²) in [5, 5.41) is 0. The van der Waals surface area contributed by atoms with Gasteiger partial charge < -0.3 is 5.73 Å². The molecule has 0 aromatic heterocycles. The van der Waals surface area contributed by atoms with E-state index >= 15 is 0 Å². The maximum Gasteiger partial charge on any atom is 0.0287 e. The average molecular weight is 244 g/mol. The smallest absolute Gasteiger partial charge is 0.0287 e. The van der Waals surface area contributed by atoms with Gasteiger partial charge in [-0.3, -0.25) is 4.90 Å². The highest BCUT2D eigenvalue weighted by Crippen LogP contribution is 2.40. The summed E-state index contributed by atoms with van der Waals surface area (Å²) in [6.45, 7) is 4.39. The number of benzene rings is 1. The molecule has 2 heteroatoms. The molecule has 1 heterocycles. The quantitative estimate of drug-likeness (QED) is 0.882. The highest BCUT2D eigenvalue weighted by molar-refractivity contribution is 5.21. The van der Waals surface area contributed by atoms with E-state index in [9.17, 15) is 0 Å². The first-order valence-electron chi connectivity index (χ1n) is 7.30. The third-order valence-corrected chi connectivity index (χ3v) is 5.02. The second-order valence-electron chi connectivity index (χ2n) is 6.03. The maximum atomic E-state index is 6.08. The van der Waals surface area contributed by atoms with Gasteiger partial charge in [0.15, 0.2) is 0 Å². The first kappa shape index (κ1) is 12.2. The lowest BCUT2D eigenvalue weighted by molar-refractivity contribution is 0.136. The van der Waals surface area contributed by atoms with Crippen LogP contribution in [-0.4, -0.2) is 30.1 Å². The summed E-state index contributed by atoms with van der Waals surface area (Å²) in [7, 11) is 0. The molecule has 0 amide bonds.